The quantitative estimate of drug-likeness (QED) is 0.169. The van der Waals surface area contributed by atoms with E-state index in [0.29, 0.717) is 0 Å². The Kier molecular flexibility index (Phi) is 3.41. The van der Waals surface area contributed by atoms with Crippen molar-refractivity contribution in [2.24, 2.45) is 10.9 Å². The van der Waals surface area contributed by atoms with Gasteiger partial charge in [-0.15, -0.1) is 0 Å². The molecule has 0 spiro atoms. The smallest absolute Gasteiger partial charge is 0.323 e. The standard InChI is InChI=1S/C4H6Cl2N2O3/c1-2(9)11-4(5,6)3(7)8-10/h10H,1H3,(H2,7,8). The summed E-state index contributed by atoms with van der Waals surface area (Å²) in [6.07, 6.45) is 0. The van der Waals surface area contributed by atoms with Gasteiger partial charge in [-0.2, -0.15) is 0 Å². The van der Waals surface area contributed by atoms with Crippen LogP contribution in [0.3, 0.4) is 0 Å². The number of hydrogen-bond donors (Lipinski definition) is 2. The molecule has 0 amide bonds. The first kappa shape index (κ1) is 10.3. The Morgan fingerprint density at radius 2 is 2.18 bits per heavy atom. The second kappa shape index (κ2) is 3.64. The summed E-state index contributed by atoms with van der Waals surface area (Å²) in [5.41, 5.74) is 4.96. The first-order valence-corrected chi connectivity index (χ1v) is 3.21. The molecule has 0 rings (SSSR count). The molecule has 0 aromatic heterocycles. The van der Waals surface area contributed by atoms with Gasteiger partial charge < -0.3 is 15.7 Å². The fourth-order valence-corrected chi connectivity index (χ4v) is 0.584. The molecule has 0 aliphatic heterocycles. The molecule has 0 aromatic carbocycles. The first-order chi connectivity index (χ1) is 4.90. The highest BCUT2D eigenvalue weighted by Crippen LogP contribution is 2.22. The average Bonchev–Trinajstić information content (AvgIpc) is 1.83. The van der Waals surface area contributed by atoms with Crippen molar-refractivity contribution < 1.29 is 14.7 Å². The summed E-state index contributed by atoms with van der Waals surface area (Å²) in [6, 6.07) is 0. The number of oxime groups is 1. The molecule has 0 bridgehead atoms. The van der Waals surface area contributed by atoms with Gasteiger partial charge in [0.2, 0.25) is 5.84 Å². The van der Waals surface area contributed by atoms with E-state index in [1.165, 1.54) is 0 Å². The lowest BCUT2D eigenvalue weighted by atomic mass is 10.6. The number of amidine groups is 1. The summed E-state index contributed by atoms with van der Waals surface area (Å²) in [5.74, 6) is -1.34. The number of esters is 1. The van der Waals surface area contributed by atoms with E-state index in [4.69, 9.17) is 34.1 Å². The zero-order valence-corrected chi connectivity index (χ0v) is 7.06. The van der Waals surface area contributed by atoms with Gasteiger partial charge in [-0.3, -0.25) is 4.79 Å². The van der Waals surface area contributed by atoms with E-state index < -0.39 is 16.3 Å². The van der Waals surface area contributed by atoms with Crippen molar-refractivity contribution in [3.63, 3.8) is 0 Å². The third-order valence-electron chi connectivity index (χ3n) is 0.678. The van der Waals surface area contributed by atoms with Gasteiger partial charge in [0.25, 0.3) is 0 Å². The molecule has 0 radical (unpaired) electrons. The maximum absolute atomic E-state index is 10.3. The highest BCUT2D eigenvalue weighted by atomic mass is 35.5. The van der Waals surface area contributed by atoms with Crippen LogP contribution < -0.4 is 5.73 Å². The van der Waals surface area contributed by atoms with Crippen molar-refractivity contribution in [1.29, 1.82) is 0 Å². The fourth-order valence-electron chi connectivity index (χ4n) is 0.291. The van der Waals surface area contributed by atoms with Crippen LogP contribution in [0.25, 0.3) is 0 Å². The van der Waals surface area contributed by atoms with Gasteiger partial charge in [-0.25, -0.2) is 0 Å². The number of nitrogens with zero attached hydrogens (tertiary/aromatic N) is 1. The zero-order chi connectivity index (χ0) is 9.07. The van der Waals surface area contributed by atoms with Gasteiger partial charge >= 0.3 is 10.5 Å². The number of ether oxygens (including phenoxy) is 1. The van der Waals surface area contributed by atoms with E-state index in [9.17, 15) is 4.79 Å². The van der Waals surface area contributed by atoms with Crippen molar-refractivity contribution in [3.8, 4) is 0 Å². The molecule has 0 saturated heterocycles. The largest absolute Gasteiger partial charge is 0.421 e. The highest BCUT2D eigenvalue weighted by Gasteiger charge is 2.33. The molecular formula is C4H6Cl2N2O3. The summed E-state index contributed by atoms with van der Waals surface area (Å²) in [5, 5.41) is 10.6. The SMILES string of the molecule is CC(=O)OC(Cl)(Cl)C(N)=NO. The van der Waals surface area contributed by atoms with Gasteiger partial charge in [0.15, 0.2) is 0 Å². The second-order valence-electron chi connectivity index (χ2n) is 1.60. The Bertz CT molecular complexity index is 192. The lowest BCUT2D eigenvalue weighted by Crippen LogP contribution is -2.37. The third-order valence-corrected chi connectivity index (χ3v) is 1.22. The molecule has 0 unspecified atom stereocenters. The summed E-state index contributed by atoms with van der Waals surface area (Å²) in [4.78, 5) is 10.3. The van der Waals surface area contributed by atoms with Crippen molar-refractivity contribution >= 4 is 35.0 Å². The molecule has 64 valence electrons. The van der Waals surface area contributed by atoms with Crippen LogP contribution in [-0.4, -0.2) is 21.5 Å². The van der Waals surface area contributed by atoms with Crippen molar-refractivity contribution in [2.45, 2.75) is 11.4 Å². The van der Waals surface area contributed by atoms with E-state index in [2.05, 4.69) is 9.89 Å². The molecule has 0 aromatic rings. The number of rotatable bonds is 2. The Labute approximate surface area is 72.7 Å². The molecular weight excluding hydrogens is 195 g/mol. The van der Waals surface area contributed by atoms with Gasteiger partial charge in [-0.05, 0) is 23.2 Å². The molecule has 3 N–H and O–H groups in total. The van der Waals surface area contributed by atoms with Crippen molar-refractivity contribution in [1.82, 2.24) is 0 Å². The van der Waals surface area contributed by atoms with Crippen LogP contribution in [0.2, 0.25) is 0 Å². The summed E-state index contributed by atoms with van der Waals surface area (Å²) in [7, 11) is 0. The number of alkyl halides is 2. The third kappa shape index (κ3) is 3.29. The molecule has 5 nitrogen and oxygen atoms in total. The maximum Gasteiger partial charge on any atom is 0.323 e. The first-order valence-electron chi connectivity index (χ1n) is 2.45. The van der Waals surface area contributed by atoms with Gasteiger partial charge in [0.05, 0.1) is 0 Å². The molecule has 0 aliphatic rings. The minimum atomic E-state index is -2.10. The highest BCUT2D eigenvalue weighted by molar-refractivity contribution is 6.57. The van der Waals surface area contributed by atoms with E-state index in [1.807, 2.05) is 0 Å². The molecule has 0 heterocycles. The van der Waals surface area contributed by atoms with E-state index in [0.717, 1.165) is 6.92 Å². The van der Waals surface area contributed by atoms with E-state index in [1.54, 1.807) is 0 Å². The topological polar surface area (TPSA) is 84.9 Å². The Hall–Kier alpha value is -0.680. The minimum absolute atomic E-state index is 0.601. The van der Waals surface area contributed by atoms with Gasteiger partial charge in [0.1, 0.15) is 0 Å². The van der Waals surface area contributed by atoms with Gasteiger partial charge in [-0.1, -0.05) is 5.16 Å². The van der Waals surface area contributed by atoms with Crippen LogP contribution >= 0.6 is 23.2 Å². The Balaban J connectivity index is 4.33. The van der Waals surface area contributed by atoms with Crippen molar-refractivity contribution in [2.75, 3.05) is 0 Å². The second-order valence-corrected chi connectivity index (χ2v) is 2.85. The lowest BCUT2D eigenvalue weighted by molar-refractivity contribution is -0.142. The summed E-state index contributed by atoms with van der Waals surface area (Å²) >= 11 is 10.6. The van der Waals surface area contributed by atoms with Crippen LogP contribution in [0, 0.1) is 0 Å². The lowest BCUT2D eigenvalue weighted by Gasteiger charge is -2.16. The minimum Gasteiger partial charge on any atom is -0.421 e. The number of carbonyl (C=O) groups is 1. The monoisotopic (exact) mass is 200 g/mol. The Morgan fingerprint density at radius 1 is 1.73 bits per heavy atom. The predicted molar refractivity (Wildman–Crippen MR) is 39.6 cm³/mol. The number of nitrogens with two attached hydrogens (primary N) is 1. The molecule has 0 atom stereocenters. The van der Waals surface area contributed by atoms with E-state index in [-0.39, 0.29) is 0 Å². The fraction of sp³-hybridized carbons (Fsp3) is 0.500. The molecule has 0 saturated carbocycles. The molecule has 0 fully saturated rings. The van der Waals surface area contributed by atoms with Crippen LogP contribution in [-0.2, 0) is 9.53 Å². The normalized spacial score (nSPS) is 12.8. The number of halogens is 2. The molecule has 7 heteroatoms. The van der Waals surface area contributed by atoms with Crippen molar-refractivity contribution in [3.05, 3.63) is 0 Å². The van der Waals surface area contributed by atoms with Crippen LogP contribution in [0.15, 0.2) is 5.16 Å². The van der Waals surface area contributed by atoms with Crippen LogP contribution in [0.1, 0.15) is 6.92 Å². The summed E-state index contributed by atoms with van der Waals surface area (Å²) < 4.78 is 2.17. The predicted octanol–water partition coefficient (Wildman–Crippen LogP) is 0.427. The molecule has 11 heavy (non-hydrogen) atoms. The van der Waals surface area contributed by atoms with Crippen LogP contribution in [0.5, 0.6) is 0 Å². The summed E-state index contributed by atoms with van der Waals surface area (Å²) in [6.45, 7) is 1.09. The Morgan fingerprint density at radius 3 is 2.45 bits per heavy atom. The zero-order valence-electron chi connectivity index (χ0n) is 5.54. The van der Waals surface area contributed by atoms with E-state index >= 15 is 0 Å². The molecule has 0 aliphatic carbocycles. The number of carbonyl (C=O) groups excluding carboxylic acids is 1. The number of hydrogen-bond acceptors (Lipinski definition) is 4. The average molecular weight is 201 g/mol. The van der Waals surface area contributed by atoms with Gasteiger partial charge in [0, 0.05) is 6.92 Å². The van der Waals surface area contributed by atoms with Crippen LogP contribution in [0.4, 0.5) is 0 Å². The maximum atomic E-state index is 10.3.